The first-order valence-corrected chi connectivity index (χ1v) is 11.8. The van der Waals surface area contributed by atoms with E-state index in [1.54, 1.807) is 42.9 Å². The number of para-hydroxylation sites is 1. The van der Waals surface area contributed by atoms with Crippen molar-refractivity contribution in [3.05, 3.63) is 72.3 Å². The van der Waals surface area contributed by atoms with E-state index in [9.17, 15) is 9.59 Å². The molecule has 1 aliphatic carbocycles. The van der Waals surface area contributed by atoms with Gasteiger partial charge in [0.15, 0.2) is 0 Å². The first-order chi connectivity index (χ1) is 17.6. The van der Waals surface area contributed by atoms with Gasteiger partial charge in [-0.2, -0.15) is 0 Å². The fraction of sp³-hybridized carbons (Fsp3) is 0.192. The van der Waals surface area contributed by atoms with E-state index in [4.69, 9.17) is 4.74 Å². The third-order valence-electron chi connectivity index (χ3n) is 6.25. The Hall–Kier alpha value is -4.73. The molecule has 0 aliphatic heterocycles. The van der Waals surface area contributed by atoms with Gasteiger partial charge in [0.1, 0.15) is 17.0 Å². The third-order valence-corrected chi connectivity index (χ3v) is 6.25. The summed E-state index contributed by atoms with van der Waals surface area (Å²) in [5.41, 5.74) is 1.63. The van der Waals surface area contributed by atoms with Gasteiger partial charge in [-0.05, 0) is 67.5 Å². The normalized spacial score (nSPS) is 13.8. The zero-order chi connectivity index (χ0) is 24.5. The predicted molar refractivity (Wildman–Crippen MR) is 135 cm³/mol. The van der Waals surface area contributed by atoms with E-state index in [1.807, 2.05) is 18.2 Å². The number of imidazole rings is 2. The molecule has 10 heteroatoms. The van der Waals surface area contributed by atoms with E-state index >= 15 is 0 Å². The second-order valence-electron chi connectivity index (χ2n) is 8.74. The van der Waals surface area contributed by atoms with Gasteiger partial charge in [-0.25, -0.2) is 9.97 Å². The summed E-state index contributed by atoms with van der Waals surface area (Å²) in [6, 6.07) is 12.7. The fourth-order valence-corrected chi connectivity index (χ4v) is 4.47. The number of carbonyl (C=O) groups excluding carboxylic acids is 2. The highest BCUT2D eigenvalue weighted by Gasteiger charge is 2.18. The van der Waals surface area contributed by atoms with Gasteiger partial charge in [0, 0.05) is 24.0 Å². The monoisotopic (exact) mass is 481 g/mol. The number of aromatic amines is 2. The molecule has 1 fully saturated rings. The van der Waals surface area contributed by atoms with Gasteiger partial charge in [0.25, 0.3) is 11.8 Å². The van der Waals surface area contributed by atoms with Gasteiger partial charge in [-0.15, -0.1) is 0 Å². The minimum absolute atomic E-state index is 0.216. The summed E-state index contributed by atoms with van der Waals surface area (Å²) >= 11 is 0. The molecule has 0 radical (unpaired) electrons. The summed E-state index contributed by atoms with van der Waals surface area (Å²) < 4.78 is 6.10. The molecule has 6 rings (SSSR count). The number of carbonyl (C=O) groups is 2. The second-order valence-corrected chi connectivity index (χ2v) is 8.74. The van der Waals surface area contributed by atoms with Gasteiger partial charge in [-0.1, -0.05) is 6.07 Å². The van der Waals surface area contributed by atoms with E-state index in [1.165, 1.54) is 12.8 Å². The Bertz CT molecular complexity index is 1570. The Balaban J connectivity index is 1.22. The number of nitrogens with one attached hydrogen (secondary N) is 4. The number of benzene rings is 2. The van der Waals surface area contributed by atoms with Crippen LogP contribution in [0.25, 0.3) is 21.8 Å². The van der Waals surface area contributed by atoms with Crippen molar-refractivity contribution in [2.24, 2.45) is 0 Å². The van der Waals surface area contributed by atoms with Crippen LogP contribution < -0.4 is 15.4 Å². The van der Waals surface area contributed by atoms with E-state index in [0.29, 0.717) is 22.5 Å². The molecule has 4 N–H and O–H groups in total. The van der Waals surface area contributed by atoms with Crippen molar-refractivity contribution in [2.75, 3.05) is 10.6 Å². The standard InChI is InChI=1S/C26H23N7O3/c34-23(32-25-27-10-11-28-25)19-6-3-7-20-22(19)31-26(30-20)33-24(35)21-13-16-12-18(9-8-15(16)14-29-21)36-17-4-1-2-5-17/h3,6-14,17H,1-2,4-5H2,(H2,27,28,32,34)(H2,30,31,33,35). The van der Waals surface area contributed by atoms with Gasteiger partial charge in [0.2, 0.25) is 11.9 Å². The number of hydrogen-bond acceptors (Lipinski definition) is 6. The predicted octanol–water partition coefficient (Wildman–Crippen LogP) is 4.66. The summed E-state index contributed by atoms with van der Waals surface area (Å²) in [7, 11) is 0. The second kappa shape index (κ2) is 9.14. The zero-order valence-electron chi connectivity index (χ0n) is 19.2. The van der Waals surface area contributed by atoms with E-state index in [2.05, 4.69) is 35.6 Å². The number of amides is 2. The number of hydrogen-bond donors (Lipinski definition) is 4. The lowest BCUT2D eigenvalue weighted by Gasteiger charge is -2.13. The van der Waals surface area contributed by atoms with Crippen LogP contribution in [0.3, 0.4) is 0 Å². The molecule has 1 saturated carbocycles. The van der Waals surface area contributed by atoms with Crippen molar-refractivity contribution >= 4 is 45.5 Å². The summed E-state index contributed by atoms with van der Waals surface area (Å²) in [4.78, 5) is 44.3. The van der Waals surface area contributed by atoms with Gasteiger partial charge >= 0.3 is 0 Å². The van der Waals surface area contributed by atoms with Crippen LogP contribution >= 0.6 is 0 Å². The minimum Gasteiger partial charge on any atom is -0.490 e. The Morgan fingerprint density at radius 3 is 2.64 bits per heavy atom. The minimum atomic E-state index is -0.417. The number of aromatic nitrogens is 5. The lowest BCUT2D eigenvalue weighted by Crippen LogP contribution is -2.15. The summed E-state index contributed by atoms with van der Waals surface area (Å²) in [5.74, 6) is 0.560. The lowest BCUT2D eigenvalue weighted by atomic mass is 10.1. The quantitative estimate of drug-likeness (QED) is 0.278. The van der Waals surface area contributed by atoms with Crippen LogP contribution in [-0.4, -0.2) is 42.8 Å². The number of nitrogens with zero attached hydrogens (tertiary/aromatic N) is 3. The maximum Gasteiger partial charge on any atom is 0.276 e. The molecule has 1 aliphatic rings. The first kappa shape index (κ1) is 21.8. The molecule has 3 aromatic heterocycles. The van der Waals surface area contributed by atoms with E-state index in [-0.39, 0.29) is 23.7 Å². The Morgan fingerprint density at radius 1 is 0.944 bits per heavy atom. The summed E-state index contributed by atoms with van der Waals surface area (Å²) in [6.07, 6.45) is 9.63. The highest BCUT2D eigenvalue weighted by Crippen LogP contribution is 2.27. The highest BCUT2D eigenvalue weighted by atomic mass is 16.5. The molecule has 180 valence electrons. The van der Waals surface area contributed by atoms with Crippen LogP contribution in [-0.2, 0) is 0 Å². The van der Waals surface area contributed by atoms with Gasteiger partial charge in [0.05, 0.1) is 17.2 Å². The van der Waals surface area contributed by atoms with Crippen molar-refractivity contribution in [3.63, 3.8) is 0 Å². The maximum absolute atomic E-state index is 13.0. The number of H-pyrrole nitrogens is 2. The number of rotatable bonds is 6. The molecule has 0 spiro atoms. The molecule has 0 bridgehead atoms. The van der Waals surface area contributed by atoms with Crippen LogP contribution in [0.2, 0.25) is 0 Å². The van der Waals surface area contributed by atoms with Crippen molar-refractivity contribution in [1.29, 1.82) is 0 Å². The third kappa shape index (κ3) is 4.36. The topological polar surface area (TPSA) is 138 Å². The highest BCUT2D eigenvalue weighted by molar-refractivity contribution is 6.11. The summed E-state index contributed by atoms with van der Waals surface area (Å²) in [5, 5.41) is 7.22. The Labute approximate surface area is 205 Å². The van der Waals surface area contributed by atoms with Crippen molar-refractivity contribution in [3.8, 4) is 5.75 Å². The van der Waals surface area contributed by atoms with Crippen molar-refractivity contribution in [1.82, 2.24) is 24.9 Å². The molecule has 0 unspecified atom stereocenters. The average molecular weight is 482 g/mol. The van der Waals surface area contributed by atoms with Crippen LogP contribution in [0.5, 0.6) is 5.75 Å². The van der Waals surface area contributed by atoms with E-state index < -0.39 is 5.91 Å². The number of ether oxygens (including phenoxy) is 1. The summed E-state index contributed by atoms with van der Waals surface area (Å²) in [6.45, 7) is 0. The first-order valence-electron chi connectivity index (χ1n) is 11.8. The Morgan fingerprint density at radius 2 is 1.81 bits per heavy atom. The molecule has 0 atom stereocenters. The Kier molecular flexibility index (Phi) is 5.53. The molecule has 36 heavy (non-hydrogen) atoms. The maximum atomic E-state index is 13.0. The van der Waals surface area contributed by atoms with Crippen molar-refractivity contribution in [2.45, 2.75) is 31.8 Å². The van der Waals surface area contributed by atoms with Crippen LogP contribution in [0.15, 0.2) is 61.1 Å². The largest absolute Gasteiger partial charge is 0.490 e. The number of fused-ring (bicyclic) bond motifs is 2. The smallest absolute Gasteiger partial charge is 0.276 e. The average Bonchev–Trinajstić information content (AvgIpc) is 3.65. The fourth-order valence-electron chi connectivity index (χ4n) is 4.47. The van der Waals surface area contributed by atoms with E-state index in [0.717, 1.165) is 29.4 Å². The molecular formula is C26H23N7O3. The molecule has 2 amide bonds. The van der Waals surface area contributed by atoms with Crippen LogP contribution in [0.4, 0.5) is 11.9 Å². The van der Waals surface area contributed by atoms with Crippen LogP contribution in [0.1, 0.15) is 46.5 Å². The molecule has 10 nitrogen and oxygen atoms in total. The van der Waals surface area contributed by atoms with Crippen molar-refractivity contribution < 1.29 is 14.3 Å². The molecular weight excluding hydrogens is 458 g/mol. The molecule has 5 aromatic rings. The van der Waals surface area contributed by atoms with Gasteiger partial charge in [-0.3, -0.25) is 25.2 Å². The molecule has 2 aromatic carbocycles. The SMILES string of the molecule is O=C(Nc1nc2c(C(=O)Nc3ncc[nH]3)cccc2[nH]1)c1cc2cc(OC3CCCC3)ccc2cn1. The molecule has 0 saturated heterocycles. The van der Waals surface area contributed by atoms with Gasteiger partial charge < -0.3 is 14.7 Å². The zero-order valence-corrected chi connectivity index (χ0v) is 19.2. The number of pyridine rings is 1. The van der Waals surface area contributed by atoms with Crippen LogP contribution in [0, 0.1) is 0 Å². The lowest BCUT2D eigenvalue weighted by molar-refractivity contribution is 0.101. The number of anilines is 2. The molecule has 3 heterocycles.